The molecule has 208 valence electrons. The van der Waals surface area contributed by atoms with E-state index in [1.165, 1.54) is 49.9 Å². The number of nitro benzene ring substituents is 1. The Hall–Kier alpha value is -4.24. The molecule has 0 radical (unpaired) electrons. The first-order valence-corrected chi connectivity index (χ1v) is 13.9. The largest absolute Gasteiger partial charge is 0.494 e. The molecule has 0 saturated carbocycles. The molecule has 2 fully saturated rings. The van der Waals surface area contributed by atoms with Gasteiger partial charge in [0, 0.05) is 12.1 Å². The molecule has 3 aromatic carbocycles. The van der Waals surface area contributed by atoms with Gasteiger partial charge >= 0.3 is 0 Å². The molecule has 3 atom stereocenters. The summed E-state index contributed by atoms with van der Waals surface area (Å²) in [6.07, 6.45) is 6.12. The molecule has 40 heavy (non-hydrogen) atoms. The number of carbonyl (C=O) groups excluding carboxylic acids is 2. The van der Waals surface area contributed by atoms with Crippen molar-refractivity contribution in [1.82, 2.24) is 0 Å². The first-order chi connectivity index (χ1) is 19.5. The van der Waals surface area contributed by atoms with Crippen LogP contribution in [0.2, 0.25) is 0 Å². The van der Waals surface area contributed by atoms with E-state index >= 15 is 0 Å². The second-order valence-corrected chi connectivity index (χ2v) is 10.1. The normalized spacial score (nSPS) is 20.2. The highest BCUT2D eigenvalue weighted by Crippen LogP contribution is 2.47. The molecule has 2 aliphatic rings. The number of carbonyl (C=O) groups is 2. The minimum absolute atomic E-state index is 0.119. The molecule has 2 aliphatic heterocycles. The fourth-order valence-electron chi connectivity index (χ4n) is 5.36. The number of para-hydroxylation sites is 1. The fourth-order valence-corrected chi connectivity index (χ4v) is 5.36. The molecule has 2 heterocycles. The Morgan fingerprint density at radius 2 is 1.50 bits per heavy atom. The van der Waals surface area contributed by atoms with Crippen LogP contribution in [-0.2, 0) is 14.4 Å². The molecule has 0 N–H and O–H groups in total. The zero-order valence-electron chi connectivity index (χ0n) is 22.5. The van der Waals surface area contributed by atoms with Crippen LogP contribution in [0, 0.1) is 16.0 Å². The summed E-state index contributed by atoms with van der Waals surface area (Å²) >= 11 is 0. The third kappa shape index (κ3) is 5.56. The van der Waals surface area contributed by atoms with E-state index in [0.717, 1.165) is 34.7 Å². The number of hydrogen-bond acceptors (Lipinski definition) is 7. The number of ether oxygens (including phenoxy) is 1. The van der Waals surface area contributed by atoms with Crippen LogP contribution in [0.4, 0.5) is 17.1 Å². The number of imide groups is 1. The highest BCUT2D eigenvalue weighted by Gasteiger charge is 2.60. The van der Waals surface area contributed by atoms with Crippen molar-refractivity contribution in [2.75, 3.05) is 16.6 Å². The molecule has 3 aromatic rings. The fraction of sp³-hybridized carbons (Fsp3) is 0.355. The van der Waals surface area contributed by atoms with Gasteiger partial charge in [0.1, 0.15) is 11.7 Å². The summed E-state index contributed by atoms with van der Waals surface area (Å²) in [5.74, 6) is -0.944. The molecule has 9 nitrogen and oxygen atoms in total. The number of rotatable bonds is 12. The predicted molar refractivity (Wildman–Crippen MR) is 151 cm³/mol. The third-order valence-electron chi connectivity index (χ3n) is 7.43. The number of non-ortho nitro benzene ring substituents is 1. The van der Waals surface area contributed by atoms with Crippen LogP contribution in [-0.4, -0.2) is 29.4 Å². The van der Waals surface area contributed by atoms with Crippen LogP contribution >= 0.6 is 0 Å². The van der Waals surface area contributed by atoms with E-state index in [2.05, 4.69) is 6.92 Å². The summed E-state index contributed by atoms with van der Waals surface area (Å²) in [6, 6.07) is 21.8. The zero-order valence-corrected chi connectivity index (χ0v) is 22.5. The predicted octanol–water partition coefficient (Wildman–Crippen LogP) is 6.39. The molecular formula is C31H33N3O6. The molecule has 0 aromatic heterocycles. The van der Waals surface area contributed by atoms with Crippen molar-refractivity contribution < 1.29 is 24.1 Å². The van der Waals surface area contributed by atoms with Gasteiger partial charge in [0.15, 0.2) is 6.10 Å². The first-order valence-electron chi connectivity index (χ1n) is 13.9. The summed E-state index contributed by atoms with van der Waals surface area (Å²) < 4.78 is 5.95. The van der Waals surface area contributed by atoms with Gasteiger partial charge in [-0.25, -0.2) is 9.96 Å². The van der Waals surface area contributed by atoms with Gasteiger partial charge in [-0.2, -0.15) is 0 Å². The Morgan fingerprint density at radius 1 is 0.825 bits per heavy atom. The molecule has 0 bridgehead atoms. The second kappa shape index (κ2) is 12.3. The lowest BCUT2D eigenvalue weighted by molar-refractivity contribution is -0.384. The van der Waals surface area contributed by atoms with Crippen LogP contribution in [0.3, 0.4) is 0 Å². The van der Waals surface area contributed by atoms with Crippen molar-refractivity contribution in [3.63, 3.8) is 0 Å². The van der Waals surface area contributed by atoms with Gasteiger partial charge in [-0.3, -0.25) is 24.5 Å². The maximum atomic E-state index is 13.8. The molecule has 2 amide bonds. The molecule has 0 unspecified atom stereocenters. The van der Waals surface area contributed by atoms with Crippen LogP contribution < -0.4 is 14.7 Å². The van der Waals surface area contributed by atoms with E-state index in [-0.39, 0.29) is 11.4 Å². The number of fused-ring (bicyclic) bond motifs is 1. The van der Waals surface area contributed by atoms with Gasteiger partial charge in [0.25, 0.3) is 11.6 Å². The van der Waals surface area contributed by atoms with Crippen LogP contribution in [0.1, 0.15) is 57.1 Å². The number of anilines is 2. The number of amides is 2. The SMILES string of the molecule is CCCCCCCCOc1ccc([C@@H]2[C@H]3C(=O)N(c4ccc([N+](=O)[O-])cc4)C(=O)[C@@H]3ON2c2ccccc2)cc1. The van der Waals surface area contributed by atoms with Crippen LogP contribution in [0.25, 0.3) is 0 Å². The number of benzene rings is 3. The molecule has 9 heteroatoms. The van der Waals surface area contributed by atoms with Gasteiger partial charge in [0.2, 0.25) is 5.91 Å². The lowest BCUT2D eigenvalue weighted by Crippen LogP contribution is -2.37. The zero-order chi connectivity index (χ0) is 28.1. The van der Waals surface area contributed by atoms with Gasteiger partial charge in [-0.05, 0) is 48.4 Å². The van der Waals surface area contributed by atoms with Gasteiger partial charge < -0.3 is 4.74 Å². The van der Waals surface area contributed by atoms with Gasteiger partial charge in [-0.15, -0.1) is 0 Å². The van der Waals surface area contributed by atoms with Crippen molar-refractivity contribution in [3.05, 3.63) is 94.5 Å². The Morgan fingerprint density at radius 3 is 2.17 bits per heavy atom. The number of unbranched alkanes of at least 4 members (excludes halogenated alkanes) is 5. The first kappa shape index (κ1) is 27.3. The minimum atomic E-state index is -1.02. The number of nitro groups is 1. The highest BCUT2D eigenvalue weighted by atomic mass is 16.7. The average Bonchev–Trinajstić information content (AvgIpc) is 3.49. The maximum absolute atomic E-state index is 13.8. The quantitative estimate of drug-likeness (QED) is 0.113. The van der Waals surface area contributed by atoms with E-state index < -0.39 is 34.8 Å². The Labute approximate surface area is 233 Å². The standard InChI is InChI=1S/C31H33N3O6/c1-2-3-4-5-6-10-21-39-26-19-13-22(14-20-26)28-27-29(40-33(28)24-11-8-7-9-12-24)31(36)32(30(27)35)23-15-17-25(18-16-23)34(37)38/h7-9,11-20,27-29H,2-6,10,21H2,1H3/t27-,28-,29-/m1/s1. The summed E-state index contributed by atoms with van der Waals surface area (Å²) in [7, 11) is 0. The van der Waals surface area contributed by atoms with Crippen molar-refractivity contribution in [3.8, 4) is 5.75 Å². The third-order valence-corrected chi connectivity index (χ3v) is 7.43. The summed E-state index contributed by atoms with van der Waals surface area (Å²) in [4.78, 5) is 45.0. The molecule has 2 saturated heterocycles. The number of hydroxylamine groups is 1. The molecule has 5 rings (SSSR count). The molecular weight excluding hydrogens is 510 g/mol. The second-order valence-electron chi connectivity index (χ2n) is 10.1. The lowest BCUT2D eigenvalue weighted by Gasteiger charge is -2.28. The number of hydrogen-bond donors (Lipinski definition) is 0. The Balaban J connectivity index is 1.35. The maximum Gasteiger partial charge on any atom is 0.269 e. The van der Waals surface area contributed by atoms with Crippen molar-refractivity contribution in [2.24, 2.45) is 5.92 Å². The topological polar surface area (TPSA) is 102 Å². The van der Waals surface area contributed by atoms with Crippen molar-refractivity contribution in [1.29, 1.82) is 0 Å². The van der Waals surface area contributed by atoms with Gasteiger partial charge in [-0.1, -0.05) is 69.4 Å². The van der Waals surface area contributed by atoms with E-state index in [9.17, 15) is 19.7 Å². The van der Waals surface area contributed by atoms with E-state index in [1.54, 1.807) is 5.06 Å². The average molecular weight is 544 g/mol. The van der Waals surface area contributed by atoms with Crippen molar-refractivity contribution in [2.45, 2.75) is 57.6 Å². The molecule has 0 spiro atoms. The van der Waals surface area contributed by atoms with E-state index in [1.807, 2.05) is 54.6 Å². The lowest BCUT2D eigenvalue weighted by atomic mass is 9.90. The summed E-state index contributed by atoms with van der Waals surface area (Å²) in [5.41, 5.74) is 1.70. The minimum Gasteiger partial charge on any atom is -0.494 e. The van der Waals surface area contributed by atoms with Gasteiger partial charge in [0.05, 0.1) is 28.9 Å². The summed E-state index contributed by atoms with van der Waals surface area (Å²) in [5, 5.41) is 12.7. The number of nitrogens with zero attached hydrogens (tertiary/aromatic N) is 3. The monoisotopic (exact) mass is 543 g/mol. The van der Waals surface area contributed by atoms with Crippen LogP contribution in [0.5, 0.6) is 5.75 Å². The van der Waals surface area contributed by atoms with Crippen molar-refractivity contribution >= 4 is 28.9 Å². The Bertz CT molecular complexity index is 1330. The Kier molecular flexibility index (Phi) is 8.40. The smallest absolute Gasteiger partial charge is 0.269 e. The van der Waals surface area contributed by atoms with Crippen LogP contribution in [0.15, 0.2) is 78.9 Å². The van der Waals surface area contributed by atoms with E-state index in [0.29, 0.717) is 6.61 Å². The molecule has 0 aliphatic carbocycles. The highest BCUT2D eigenvalue weighted by molar-refractivity contribution is 6.24. The summed E-state index contributed by atoms with van der Waals surface area (Å²) in [6.45, 7) is 2.86. The van der Waals surface area contributed by atoms with E-state index in [4.69, 9.17) is 9.57 Å².